The first-order chi connectivity index (χ1) is 6.83. The molecule has 4 nitrogen and oxygen atoms in total. The number of pyridine rings is 1. The van der Waals surface area contributed by atoms with Crippen LogP contribution in [0.25, 0.3) is 0 Å². The third-order valence-electron chi connectivity index (χ3n) is 3.16. The quantitative estimate of drug-likeness (QED) is 0.825. The first-order valence-electron chi connectivity index (χ1n) is 5.04. The molecule has 3 rings (SSSR count). The zero-order valence-corrected chi connectivity index (χ0v) is 11.7. The highest BCUT2D eigenvalue weighted by Crippen LogP contribution is 2.28. The third kappa shape index (κ3) is 3.07. The van der Waals surface area contributed by atoms with Crippen molar-refractivity contribution >= 4 is 48.7 Å². The van der Waals surface area contributed by atoms with Crippen molar-refractivity contribution in [3.63, 3.8) is 0 Å². The lowest BCUT2D eigenvalue weighted by Crippen LogP contribution is -2.43. The molecule has 1 aromatic heterocycles. The van der Waals surface area contributed by atoms with Crippen molar-refractivity contribution in [3.8, 4) is 0 Å². The van der Waals surface area contributed by atoms with E-state index >= 15 is 0 Å². The highest BCUT2D eigenvalue weighted by molar-refractivity contribution is 5.86. The van der Waals surface area contributed by atoms with Crippen LogP contribution in [0.15, 0.2) is 18.3 Å². The monoisotopic (exact) mass is 298 g/mol. The lowest BCUT2D eigenvalue weighted by atomic mass is 10.2. The number of anilines is 2. The Balaban J connectivity index is 0.000000853. The summed E-state index contributed by atoms with van der Waals surface area (Å²) in [4.78, 5) is 6.55. The van der Waals surface area contributed by atoms with Crippen molar-refractivity contribution in [3.05, 3.63) is 18.3 Å². The second-order valence-corrected chi connectivity index (χ2v) is 4.09. The minimum Gasteiger partial charge on any atom is -0.384 e. The summed E-state index contributed by atoms with van der Waals surface area (Å²) in [5, 5.41) is 3.48. The molecule has 2 aliphatic heterocycles. The van der Waals surface area contributed by atoms with Gasteiger partial charge in [-0.2, -0.15) is 0 Å². The normalized spacial score (nSPS) is 24.6. The molecule has 0 aromatic carbocycles. The van der Waals surface area contributed by atoms with E-state index in [0.717, 1.165) is 13.1 Å². The van der Waals surface area contributed by atoms with Gasteiger partial charge in [-0.15, -0.1) is 37.2 Å². The Bertz CT molecular complexity index is 346. The number of hydrogen-bond acceptors (Lipinski definition) is 4. The summed E-state index contributed by atoms with van der Waals surface area (Å²) < 4.78 is 0. The highest BCUT2D eigenvalue weighted by atomic mass is 35.5. The van der Waals surface area contributed by atoms with Gasteiger partial charge in [-0.25, -0.2) is 4.98 Å². The van der Waals surface area contributed by atoms with Gasteiger partial charge in [-0.1, -0.05) is 0 Å². The van der Waals surface area contributed by atoms with E-state index in [4.69, 9.17) is 5.73 Å². The molecule has 3 N–H and O–H groups in total. The molecule has 2 atom stereocenters. The minimum absolute atomic E-state index is 0. The third-order valence-corrected chi connectivity index (χ3v) is 3.16. The van der Waals surface area contributed by atoms with E-state index in [1.807, 2.05) is 12.3 Å². The van der Waals surface area contributed by atoms with Crippen LogP contribution in [0, 0.1) is 0 Å². The zero-order valence-electron chi connectivity index (χ0n) is 9.20. The van der Waals surface area contributed by atoms with Crippen LogP contribution in [-0.4, -0.2) is 30.2 Å². The summed E-state index contributed by atoms with van der Waals surface area (Å²) in [5.41, 5.74) is 6.76. The van der Waals surface area contributed by atoms with Crippen LogP contribution < -0.4 is 16.0 Å². The molecule has 98 valence electrons. The Kier molecular flexibility index (Phi) is 6.34. The maximum Gasteiger partial charge on any atom is 0.123 e. The first-order valence-corrected chi connectivity index (χ1v) is 5.04. The van der Waals surface area contributed by atoms with Crippen molar-refractivity contribution in [1.82, 2.24) is 10.3 Å². The van der Waals surface area contributed by atoms with E-state index < -0.39 is 0 Å². The molecule has 3 heterocycles. The first kappa shape index (κ1) is 16.6. The van der Waals surface area contributed by atoms with Gasteiger partial charge in [0.2, 0.25) is 0 Å². The van der Waals surface area contributed by atoms with E-state index in [9.17, 15) is 0 Å². The lowest BCUT2D eigenvalue weighted by molar-refractivity contribution is 0.580. The smallest absolute Gasteiger partial charge is 0.123 e. The lowest BCUT2D eigenvalue weighted by Gasteiger charge is -2.29. The summed E-state index contributed by atoms with van der Waals surface area (Å²) in [6, 6.07) is 5.26. The van der Waals surface area contributed by atoms with Crippen molar-refractivity contribution in [2.24, 2.45) is 0 Å². The average Bonchev–Trinajstić information content (AvgIpc) is 2.80. The van der Waals surface area contributed by atoms with Crippen LogP contribution >= 0.6 is 37.2 Å². The SMILES string of the molecule is Cl.Cl.Cl.Nc1ccc(N2C[C@@H]3C[C@H]2CN3)cn1. The topological polar surface area (TPSA) is 54.2 Å². The van der Waals surface area contributed by atoms with Crippen molar-refractivity contribution in [2.75, 3.05) is 23.7 Å². The summed E-state index contributed by atoms with van der Waals surface area (Å²) in [6.45, 7) is 2.21. The molecule has 7 heteroatoms. The van der Waals surface area contributed by atoms with Crippen LogP contribution in [0.3, 0.4) is 0 Å². The molecule has 0 unspecified atom stereocenters. The van der Waals surface area contributed by atoms with Crippen LogP contribution in [0.1, 0.15) is 6.42 Å². The molecule has 0 saturated carbocycles. The number of halogens is 3. The Labute approximate surface area is 120 Å². The number of piperazine rings is 1. The number of nitrogens with two attached hydrogens (primary N) is 1. The summed E-state index contributed by atoms with van der Waals surface area (Å²) in [5.74, 6) is 0.594. The summed E-state index contributed by atoms with van der Waals surface area (Å²) >= 11 is 0. The fourth-order valence-corrected chi connectivity index (χ4v) is 2.44. The fourth-order valence-electron chi connectivity index (χ4n) is 2.44. The van der Waals surface area contributed by atoms with Gasteiger partial charge >= 0.3 is 0 Å². The van der Waals surface area contributed by atoms with Crippen molar-refractivity contribution in [1.29, 1.82) is 0 Å². The average molecular weight is 300 g/mol. The molecule has 0 amide bonds. The maximum absolute atomic E-state index is 5.56. The van der Waals surface area contributed by atoms with Gasteiger partial charge < -0.3 is 16.0 Å². The molecule has 2 fully saturated rings. The van der Waals surface area contributed by atoms with Crippen LogP contribution in [0.2, 0.25) is 0 Å². The molecule has 0 spiro atoms. The Hall–Kier alpha value is -0.420. The Morgan fingerprint density at radius 1 is 1.29 bits per heavy atom. The molecule has 17 heavy (non-hydrogen) atoms. The summed E-state index contributed by atoms with van der Waals surface area (Å²) in [7, 11) is 0. The van der Waals surface area contributed by atoms with Crippen LogP contribution in [-0.2, 0) is 0 Å². The molecular weight excluding hydrogens is 282 g/mol. The Morgan fingerprint density at radius 2 is 2.06 bits per heavy atom. The van der Waals surface area contributed by atoms with Gasteiger partial charge in [0, 0.05) is 25.2 Å². The predicted molar refractivity (Wildman–Crippen MR) is 77.9 cm³/mol. The van der Waals surface area contributed by atoms with Crippen molar-refractivity contribution < 1.29 is 0 Å². The Morgan fingerprint density at radius 3 is 2.53 bits per heavy atom. The fraction of sp³-hybridized carbons (Fsp3) is 0.500. The molecule has 2 aliphatic rings. The second kappa shape index (κ2) is 6.50. The van der Waals surface area contributed by atoms with E-state index in [0.29, 0.717) is 17.9 Å². The van der Waals surface area contributed by atoms with Crippen LogP contribution in [0.4, 0.5) is 11.5 Å². The standard InChI is InChI=1S/C10H14N4.3ClH/c11-10-2-1-8(4-13-10)14-6-7-3-9(14)5-12-7;;;/h1-2,4,7,9,12H,3,5-6H2,(H2,11,13);3*1H/t7-,9-;;;/m0.../s1. The van der Waals surface area contributed by atoms with Gasteiger partial charge in [-0.3, -0.25) is 0 Å². The summed E-state index contributed by atoms with van der Waals surface area (Å²) in [6.07, 6.45) is 3.14. The van der Waals surface area contributed by atoms with Gasteiger partial charge in [0.05, 0.1) is 11.9 Å². The second-order valence-electron chi connectivity index (χ2n) is 4.09. The molecule has 0 radical (unpaired) electrons. The maximum atomic E-state index is 5.56. The predicted octanol–water partition coefficient (Wildman–Crippen LogP) is 1.48. The number of nitrogen functional groups attached to an aromatic ring is 1. The molecule has 2 saturated heterocycles. The number of aromatic nitrogens is 1. The number of rotatable bonds is 1. The highest BCUT2D eigenvalue weighted by Gasteiger charge is 2.37. The number of nitrogens with zero attached hydrogens (tertiary/aromatic N) is 2. The molecule has 0 aliphatic carbocycles. The van der Waals surface area contributed by atoms with Gasteiger partial charge in [-0.05, 0) is 18.6 Å². The molecule has 2 bridgehead atoms. The number of fused-ring (bicyclic) bond motifs is 2. The van der Waals surface area contributed by atoms with Gasteiger partial charge in [0.25, 0.3) is 0 Å². The molecular formula is C10H17Cl3N4. The van der Waals surface area contributed by atoms with E-state index in [2.05, 4.69) is 21.3 Å². The minimum atomic E-state index is 0. The van der Waals surface area contributed by atoms with E-state index in [1.54, 1.807) is 0 Å². The number of hydrogen-bond donors (Lipinski definition) is 2. The van der Waals surface area contributed by atoms with Crippen molar-refractivity contribution in [2.45, 2.75) is 18.5 Å². The number of nitrogens with one attached hydrogen (secondary N) is 1. The molecule has 1 aromatic rings. The zero-order chi connectivity index (χ0) is 9.54. The van der Waals surface area contributed by atoms with E-state index in [-0.39, 0.29) is 37.2 Å². The van der Waals surface area contributed by atoms with Gasteiger partial charge in [0.1, 0.15) is 5.82 Å². The largest absolute Gasteiger partial charge is 0.384 e. The van der Waals surface area contributed by atoms with Crippen LogP contribution in [0.5, 0.6) is 0 Å². The van der Waals surface area contributed by atoms with Gasteiger partial charge in [0.15, 0.2) is 0 Å². The van der Waals surface area contributed by atoms with E-state index in [1.165, 1.54) is 12.1 Å².